The monoisotopic (exact) mass is 821 g/mol. The van der Waals surface area contributed by atoms with Gasteiger partial charge >= 0.3 is 11.9 Å². The number of aromatic carboxylic acids is 2. The van der Waals surface area contributed by atoms with Gasteiger partial charge in [-0.15, -0.1) is 20.5 Å². The summed E-state index contributed by atoms with van der Waals surface area (Å²) in [6, 6.07) is 12.7. The number of nitrogens with one attached hydrogen (secondary N) is 1. The SMILES string of the molecule is O=C(O)c1cc(N=Nc2c(S(=O)(=O)O)cc3cc(Nc4ccc5c(O)c(N=Nc6cc(C(=O)O)c(O)cc6O)c(S(=O)(=O)O)cc5c4)ccc3c2O)c(O)cc1O. The number of azo groups is 2. The molecule has 0 atom stereocenters. The largest absolute Gasteiger partial charge is 0.507 e. The summed E-state index contributed by atoms with van der Waals surface area (Å²) >= 11 is 0. The molecule has 0 fully saturated rings. The second kappa shape index (κ2) is 14.2. The maximum Gasteiger partial charge on any atom is 0.339 e. The standard InChI is InChI=1S/C34H23N5O16S2/c40-23-11-25(42)21(9-19(23)33(46)47)36-38-29-27(56(50,51)52)7-13-5-15(1-3-17(13)31(29)44)35-16-2-4-18-14(6-16)8-28(57(53,54)55)30(32(18)45)39-37-22-10-20(34(48)49)24(41)12-26(22)43/h1-12,35,40-45H,(H,46,47)(H,48,49)(H,50,51,52)(H,53,54,55). The van der Waals surface area contributed by atoms with Crippen LogP contribution in [0.5, 0.6) is 34.5 Å². The molecule has 11 N–H and O–H groups in total. The number of aromatic hydroxyl groups is 6. The average Bonchev–Trinajstić information content (AvgIpc) is 3.10. The number of nitrogens with zero attached hydrogens (tertiary/aromatic N) is 4. The second-order valence-electron chi connectivity index (χ2n) is 11.8. The van der Waals surface area contributed by atoms with Crippen molar-refractivity contribution < 1.29 is 76.4 Å². The van der Waals surface area contributed by atoms with Crippen molar-refractivity contribution in [1.29, 1.82) is 0 Å². The molecule has 0 aliphatic heterocycles. The molecule has 0 aliphatic rings. The Labute approximate surface area is 317 Å². The van der Waals surface area contributed by atoms with E-state index < -0.39 is 110 Å². The van der Waals surface area contributed by atoms with Gasteiger partial charge in [0.2, 0.25) is 0 Å². The van der Waals surface area contributed by atoms with Crippen molar-refractivity contribution in [2.24, 2.45) is 20.5 Å². The Balaban J connectivity index is 1.38. The molecule has 0 saturated carbocycles. The van der Waals surface area contributed by atoms with Crippen LogP contribution in [0.15, 0.2) is 103 Å². The number of carboxylic acids is 2. The molecule has 6 rings (SSSR count). The van der Waals surface area contributed by atoms with Gasteiger partial charge in [-0.3, -0.25) is 9.11 Å². The number of phenolic OH excluding ortho intramolecular Hbond substituents is 4. The van der Waals surface area contributed by atoms with Crippen LogP contribution in [-0.2, 0) is 20.2 Å². The van der Waals surface area contributed by atoms with E-state index in [1.807, 2.05) is 0 Å². The third-order valence-electron chi connectivity index (χ3n) is 8.11. The van der Waals surface area contributed by atoms with Gasteiger partial charge in [-0.05, 0) is 71.4 Å². The van der Waals surface area contributed by atoms with Gasteiger partial charge in [0.1, 0.15) is 66.7 Å². The normalized spacial score (nSPS) is 12.2. The number of benzene rings is 6. The summed E-state index contributed by atoms with van der Waals surface area (Å²) in [5, 5.41) is 97.6. The predicted octanol–water partition coefficient (Wildman–Crippen LogP) is 6.69. The lowest BCUT2D eigenvalue weighted by molar-refractivity contribution is 0.0682. The lowest BCUT2D eigenvalue weighted by Crippen LogP contribution is -2.00. The highest BCUT2D eigenvalue weighted by atomic mass is 32.2. The molecule has 0 bridgehead atoms. The first-order valence-electron chi connectivity index (χ1n) is 15.4. The van der Waals surface area contributed by atoms with E-state index in [1.54, 1.807) is 0 Å². The number of phenols is 6. The molecule has 292 valence electrons. The molecular weight excluding hydrogens is 799 g/mol. The van der Waals surface area contributed by atoms with Crippen molar-refractivity contribution in [3.8, 4) is 34.5 Å². The maximum absolute atomic E-state index is 12.4. The predicted molar refractivity (Wildman–Crippen MR) is 196 cm³/mol. The van der Waals surface area contributed by atoms with Crippen LogP contribution in [0, 0.1) is 0 Å². The molecule has 0 unspecified atom stereocenters. The van der Waals surface area contributed by atoms with E-state index in [9.17, 15) is 76.4 Å². The van der Waals surface area contributed by atoms with E-state index in [0.29, 0.717) is 12.1 Å². The van der Waals surface area contributed by atoms with Crippen molar-refractivity contribution >= 4 is 87.8 Å². The van der Waals surface area contributed by atoms with Gasteiger partial charge in [0.25, 0.3) is 20.2 Å². The number of fused-ring (bicyclic) bond motifs is 2. The Kier molecular flexibility index (Phi) is 9.77. The minimum Gasteiger partial charge on any atom is -0.507 e. The Morgan fingerprint density at radius 1 is 0.491 bits per heavy atom. The number of hydrogen-bond donors (Lipinski definition) is 11. The summed E-state index contributed by atoms with van der Waals surface area (Å²) in [6.45, 7) is 0. The fraction of sp³-hybridized carbons (Fsp3) is 0. The number of hydrogen-bond acceptors (Lipinski definition) is 17. The summed E-state index contributed by atoms with van der Waals surface area (Å²) in [6.07, 6.45) is 0. The van der Waals surface area contributed by atoms with Crippen LogP contribution in [0.25, 0.3) is 21.5 Å². The van der Waals surface area contributed by atoms with Crippen LogP contribution in [0.2, 0.25) is 0 Å². The molecule has 0 saturated heterocycles. The Bertz CT molecular complexity index is 2820. The average molecular weight is 822 g/mol. The zero-order chi connectivity index (χ0) is 41.7. The van der Waals surface area contributed by atoms with Crippen molar-refractivity contribution in [1.82, 2.24) is 0 Å². The molecule has 6 aromatic rings. The molecule has 21 nitrogen and oxygen atoms in total. The Morgan fingerprint density at radius 2 is 0.860 bits per heavy atom. The first-order valence-corrected chi connectivity index (χ1v) is 18.3. The van der Waals surface area contributed by atoms with Crippen LogP contribution in [0.1, 0.15) is 20.7 Å². The third kappa shape index (κ3) is 7.69. The fourth-order valence-corrected chi connectivity index (χ4v) is 6.77. The summed E-state index contributed by atoms with van der Waals surface area (Å²) in [5.41, 5.74) is -3.56. The topological polar surface area (TPSA) is 366 Å². The van der Waals surface area contributed by atoms with Crippen LogP contribution >= 0.6 is 0 Å². The summed E-state index contributed by atoms with van der Waals surface area (Å²) in [7, 11) is -10.2. The van der Waals surface area contributed by atoms with E-state index in [1.165, 1.54) is 36.4 Å². The highest BCUT2D eigenvalue weighted by molar-refractivity contribution is 7.86. The fourth-order valence-electron chi connectivity index (χ4n) is 5.45. The zero-order valence-corrected chi connectivity index (χ0v) is 29.6. The first kappa shape index (κ1) is 39.1. The number of rotatable bonds is 10. The van der Waals surface area contributed by atoms with Crippen LogP contribution < -0.4 is 5.32 Å². The van der Waals surface area contributed by atoms with E-state index in [0.717, 1.165) is 24.3 Å². The van der Waals surface area contributed by atoms with E-state index in [2.05, 4.69) is 25.8 Å². The molecule has 0 amide bonds. The summed E-state index contributed by atoms with van der Waals surface area (Å²) < 4.78 is 69.5. The number of anilines is 2. The molecule has 6 aromatic carbocycles. The quantitative estimate of drug-likeness (QED) is 0.0506. The van der Waals surface area contributed by atoms with Gasteiger partial charge in [-0.2, -0.15) is 16.8 Å². The summed E-state index contributed by atoms with van der Waals surface area (Å²) in [5.74, 6) is -7.90. The van der Waals surface area contributed by atoms with Crippen LogP contribution in [-0.4, -0.2) is 78.7 Å². The minimum absolute atomic E-state index is 0.0157. The minimum atomic E-state index is -5.12. The van der Waals surface area contributed by atoms with E-state index in [-0.39, 0.29) is 32.9 Å². The van der Waals surface area contributed by atoms with Gasteiger partial charge in [0, 0.05) is 34.3 Å². The van der Waals surface area contributed by atoms with Gasteiger partial charge in [0.15, 0.2) is 11.5 Å². The summed E-state index contributed by atoms with van der Waals surface area (Å²) in [4.78, 5) is 20.9. The van der Waals surface area contributed by atoms with E-state index in [4.69, 9.17) is 0 Å². The molecule has 23 heteroatoms. The van der Waals surface area contributed by atoms with Crippen molar-refractivity contribution in [3.05, 3.63) is 83.9 Å². The number of carboxylic acid groups (broad SMARTS) is 2. The zero-order valence-electron chi connectivity index (χ0n) is 28.0. The first-order chi connectivity index (χ1) is 26.6. The van der Waals surface area contributed by atoms with Gasteiger partial charge in [-0.25, -0.2) is 9.59 Å². The molecule has 0 radical (unpaired) electrons. The second-order valence-corrected chi connectivity index (χ2v) is 14.6. The van der Waals surface area contributed by atoms with Gasteiger partial charge in [-0.1, -0.05) is 0 Å². The molecule has 0 aromatic heterocycles. The highest BCUT2D eigenvalue weighted by Crippen LogP contribution is 2.45. The molecule has 0 spiro atoms. The van der Waals surface area contributed by atoms with Crippen molar-refractivity contribution in [2.75, 3.05) is 5.32 Å². The van der Waals surface area contributed by atoms with E-state index >= 15 is 0 Å². The maximum atomic E-state index is 12.4. The Hall–Kier alpha value is -7.60. The number of carbonyl (C=O) groups is 2. The molecule has 0 aliphatic carbocycles. The smallest absolute Gasteiger partial charge is 0.339 e. The van der Waals surface area contributed by atoms with Gasteiger partial charge < -0.3 is 46.2 Å². The van der Waals surface area contributed by atoms with Gasteiger partial charge in [0.05, 0.1) is 0 Å². The molecular formula is C34H23N5O16S2. The van der Waals surface area contributed by atoms with Crippen LogP contribution in [0.3, 0.4) is 0 Å². The lowest BCUT2D eigenvalue weighted by Gasteiger charge is -2.13. The third-order valence-corrected chi connectivity index (χ3v) is 9.84. The molecule has 0 heterocycles. The van der Waals surface area contributed by atoms with Crippen LogP contribution in [0.4, 0.5) is 34.1 Å². The highest BCUT2D eigenvalue weighted by Gasteiger charge is 2.25. The molecule has 57 heavy (non-hydrogen) atoms. The van der Waals surface area contributed by atoms with Crippen molar-refractivity contribution in [3.63, 3.8) is 0 Å². The van der Waals surface area contributed by atoms with Crippen molar-refractivity contribution in [2.45, 2.75) is 9.79 Å². The lowest BCUT2D eigenvalue weighted by atomic mass is 10.1. The Morgan fingerprint density at radius 3 is 1.19 bits per heavy atom.